The Bertz CT molecular complexity index is 1280. The molecule has 32 heavy (non-hydrogen) atoms. The lowest BCUT2D eigenvalue weighted by Crippen LogP contribution is -2.40. The van der Waals surface area contributed by atoms with Crippen molar-refractivity contribution in [3.63, 3.8) is 0 Å². The van der Waals surface area contributed by atoms with Gasteiger partial charge in [-0.05, 0) is 44.7 Å². The molecule has 1 atom stereocenters. The van der Waals surface area contributed by atoms with E-state index in [1.165, 1.54) is 0 Å². The van der Waals surface area contributed by atoms with E-state index in [-0.39, 0.29) is 23.6 Å². The smallest absolute Gasteiger partial charge is 0.263 e. The van der Waals surface area contributed by atoms with Crippen molar-refractivity contribution in [1.29, 1.82) is 0 Å². The number of hydrogen-bond acceptors (Lipinski definition) is 7. The molecule has 2 aromatic heterocycles. The molecule has 0 radical (unpaired) electrons. The third-order valence-corrected chi connectivity index (χ3v) is 6.64. The van der Waals surface area contributed by atoms with Gasteiger partial charge in [-0.3, -0.25) is 14.2 Å². The second kappa shape index (κ2) is 7.29. The van der Waals surface area contributed by atoms with Crippen LogP contribution in [0.4, 0.5) is 17.5 Å². The fourth-order valence-corrected chi connectivity index (χ4v) is 4.92. The molecular weight excluding hydrogens is 406 g/mol. The highest BCUT2D eigenvalue weighted by Gasteiger charge is 2.38. The van der Waals surface area contributed by atoms with Gasteiger partial charge in [0.05, 0.1) is 17.4 Å². The molecule has 1 aliphatic carbocycles. The number of hydrogen-bond donors (Lipinski definition) is 1. The van der Waals surface area contributed by atoms with Gasteiger partial charge in [0.25, 0.3) is 11.5 Å². The number of amides is 1. The molecule has 9 heteroatoms. The minimum atomic E-state index is -0.155. The molecule has 6 rings (SSSR count). The summed E-state index contributed by atoms with van der Waals surface area (Å²) in [6.07, 6.45) is 7.31. The summed E-state index contributed by atoms with van der Waals surface area (Å²) in [6.45, 7) is 4.09. The van der Waals surface area contributed by atoms with Crippen LogP contribution in [0.1, 0.15) is 49.0 Å². The van der Waals surface area contributed by atoms with Crippen LogP contribution in [-0.2, 0) is 0 Å². The monoisotopic (exact) mass is 431 g/mol. The van der Waals surface area contributed by atoms with Gasteiger partial charge in [0.2, 0.25) is 5.95 Å². The molecular formula is C23H25N7O2. The van der Waals surface area contributed by atoms with Crippen molar-refractivity contribution < 1.29 is 4.79 Å². The molecule has 3 aliphatic rings. The normalized spacial score (nSPS) is 20.3. The van der Waals surface area contributed by atoms with Crippen LogP contribution in [-0.4, -0.2) is 51.1 Å². The third-order valence-electron chi connectivity index (χ3n) is 6.64. The van der Waals surface area contributed by atoms with Gasteiger partial charge in [-0.25, -0.2) is 9.97 Å². The minimum Gasteiger partial charge on any atom is -0.354 e. The van der Waals surface area contributed by atoms with E-state index in [9.17, 15) is 9.59 Å². The molecule has 0 unspecified atom stereocenters. The van der Waals surface area contributed by atoms with Crippen molar-refractivity contribution in [3.05, 3.63) is 46.6 Å². The maximum absolute atomic E-state index is 13.7. The molecule has 1 amide bonds. The summed E-state index contributed by atoms with van der Waals surface area (Å²) in [6, 6.07) is 5.94. The quantitative estimate of drug-likeness (QED) is 0.678. The summed E-state index contributed by atoms with van der Waals surface area (Å²) >= 11 is 0. The number of rotatable bonds is 4. The van der Waals surface area contributed by atoms with E-state index in [0.29, 0.717) is 47.0 Å². The standard InChI is InChI=1S/C23H25N7O2/c1-2-24-23-25-11-17-20(27-23)28-10-4-5-15(28)12-29(22(17)32)18-7-3-6-16-19(18)26-13-30(21(16)31)14-8-9-14/h3,6-7,11,13-15H,2,4-5,8-10,12H2,1H3,(H,24,25,27)/t15-/m0/s1. The lowest BCUT2D eigenvalue weighted by molar-refractivity contribution is 0.0988. The SMILES string of the molecule is CCNc1ncc2c(n1)N1CCC[C@H]1CN(c1cccc3c(=O)n(C4CC4)cnc13)C2=O. The first-order chi connectivity index (χ1) is 15.7. The Kier molecular flexibility index (Phi) is 4.38. The first-order valence-corrected chi connectivity index (χ1v) is 11.3. The maximum atomic E-state index is 13.7. The molecule has 9 nitrogen and oxygen atoms in total. The van der Waals surface area contributed by atoms with Crippen molar-refractivity contribution in [2.75, 3.05) is 34.8 Å². The Morgan fingerprint density at radius 2 is 2.00 bits per heavy atom. The summed E-state index contributed by atoms with van der Waals surface area (Å²) in [4.78, 5) is 44.5. The Hall–Kier alpha value is -3.49. The number of benzene rings is 1. The van der Waals surface area contributed by atoms with Crippen molar-refractivity contribution in [2.45, 2.75) is 44.7 Å². The number of fused-ring (bicyclic) bond motifs is 4. The zero-order chi connectivity index (χ0) is 21.8. The van der Waals surface area contributed by atoms with Crippen LogP contribution >= 0.6 is 0 Å². The third kappa shape index (κ3) is 2.95. The Labute approximate surface area is 185 Å². The highest BCUT2D eigenvalue weighted by atomic mass is 16.2. The number of para-hydroxylation sites is 1. The van der Waals surface area contributed by atoms with E-state index in [0.717, 1.165) is 32.2 Å². The lowest BCUT2D eigenvalue weighted by Gasteiger charge is -2.27. The predicted octanol–water partition coefficient (Wildman–Crippen LogP) is 2.58. The lowest BCUT2D eigenvalue weighted by atomic mass is 10.1. The van der Waals surface area contributed by atoms with Crippen LogP contribution < -0.4 is 20.7 Å². The molecule has 164 valence electrons. The van der Waals surface area contributed by atoms with Crippen molar-refractivity contribution in [2.24, 2.45) is 0 Å². The minimum absolute atomic E-state index is 0.0388. The highest BCUT2D eigenvalue weighted by Crippen LogP contribution is 2.36. The largest absolute Gasteiger partial charge is 0.354 e. The number of carbonyl (C=O) groups excluding carboxylic acids is 1. The van der Waals surface area contributed by atoms with Crippen molar-refractivity contribution in [3.8, 4) is 0 Å². The van der Waals surface area contributed by atoms with Crippen molar-refractivity contribution >= 4 is 34.3 Å². The van der Waals surface area contributed by atoms with Crippen LogP contribution in [0.2, 0.25) is 0 Å². The average Bonchev–Trinajstić information content (AvgIpc) is 3.56. The van der Waals surface area contributed by atoms with Crippen LogP contribution in [0.3, 0.4) is 0 Å². The van der Waals surface area contributed by atoms with Crippen LogP contribution in [0.5, 0.6) is 0 Å². The maximum Gasteiger partial charge on any atom is 0.263 e. The van der Waals surface area contributed by atoms with E-state index < -0.39 is 0 Å². The molecule has 3 aromatic rings. The van der Waals surface area contributed by atoms with Gasteiger partial charge in [-0.2, -0.15) is 4.98 Å². The topological polar surface area (TPSA) is 96.2 Å². The summed E-state index contributed by atoms with van der Waals surface area (Å²) in [5.74, 6) is 1.07. The molecule has 1 aromatic carbocycles. The molecule has 0 spiro atoms. The number of carbonyl (C=O) groups is 1. The molecule has 2 aliphatic heterocycles. The Morgan fingerprint density at radius 3 is 2.81 bits per heavy atom. The van der Waals surface area contributed by atoms with Crippen molar-refractivity contribution in [1.82, 2.24) is 19.5 Å². The van der Waals surface area contributed by atoms with E-state index >= 15 is 0 Å². The predicted molar refractivity (Wildman–Crippen MR) is 123 cm³/mol. The number of nitrogens with one attached hydrogen (secondary N) is 1. The van der Waals surface area contributed by atoms with Gasteiger partial charge in [0, 0.05) is 37.9 Å². The van der Waals surface area contributed by atoms with Gasteiger partial charge in [0.15, 0.2) is 0 Å². The summed E-state index contributed by atoms with van der Waals surface area (Å²) in [5, 5.41) is 3.70. The first kappa shape index (κ1) is 19.2. The number of aromatic nitrogens is 4. The van der Waals surface area contributed by atoms with Gasteiger partial charge in [-0.1, -0.05) is 6.07 Å². The van der Waals surface area contributed by atoms with E-state index in [2.05, 4.69) is 25.2 Å². The molecule has 4 heterocycles. The number of nitrogens with zero attached hydrogens (tertiary/aromatic N) is 6. The first-order valence-electron chi connectivity index (χ1n) is 11.3. The number of anilines is 3. The van der Waals surface area contributed by atoms with E-state index in [1.807, 2.05) is 19.1 Å². The molecule has 1 saturated carbocycles. The van der Waals surface area contributed by atoms with E-state index in [4.69, 9.17) is 0 Å². The molecule has 2 fully saturated rings. The average molecular weight is 432 g/mol. The van der Waals surface area contributed by atoms with Crippen LogP contribution in [0.25, 0.3) is 10.9 Å². The van der Waals surface area contributed by atoms with Gasteiger partial charge < -0.3 is 15.1 Å². The van der Waals surface area contributed by atoms with Gasteiger partial charge >= 0.3 is 0 Å². The summed E-state index contributed by atoms with van der Waals surface area (Å²) < 4.78 is 1.72. The molecule has 0 bridgehead atoms. The zero-order valence-electron chi connectivity index (χ0n) is 18.0. The fourth-order valence-electron chi connectivity index (χ4n) is 4.92. The van der Waals surface area contributed by atoms with Crippen LogP contribution in [0.15, 0.2) is 35.5 Å². The fraction of sp³-hybridized carbons (Fsp3) is 0.435. The Morgan fingerprint density at radius 1 is 1.12 bits per heavy atom. The molecule has 1 N–H and O–H groups in total. The van der Waals surface area contributed by atoms with Gasteiger partial charge in [0.1, 0.15) is 16.9 Å². The van der Waals surface area contributed by atoms with E-state index in [1.54, 1.807) is 28.1 Å². The zero-order valence-corrected chi connectivity index (χ0v) is 18.0. The highest BCUT2D eigenvalue weighted by molar-refractivity contribution is 6.13. The second-order valence-electron chi connectivity index (χ2n) is 8.73. The summed E-state index contributed by atoms with van der Waals surface area (Å²) in [7, 11) is 0. The second-order valence-corrected chi connectivity index (χ2v) is 8.73. The van der Waals surface area contributed by atoms with Crippen LogP contribution in [0, 0.1) is 0 Å². The van der Waals surface area contributed by atoms with Gasteiger partial charge in [-0.15, -0.1) is 0 Å². The Balaban J connectivity index is 1.49. The summed E-state index contributed by atoms with van der Waals surface area (Å²) in [5.41, 5.74) is 1.69. The molecule has 1 saturated heterocycles.